The summed E-state index contributed by atoms with van der Waals surface area (Å²) in [7, 11) is -3.24. The van der Waals surface area contributed by atoms with E-state index in [1.807, 2.05) is 0 Å². The van der Waals surface area contributed by atoms with Gasteiger partial charge in [-0.15, -0.1) is 0 Å². The summed E-state index contributed by atoms with van der Waals surface area (Å²) in [6.45, 7) is 4.66. The highest BCUT2D eigenvalue weighted by molar-refractivity contribution is 7.88. The number of hydrogen-bond donors (Lipinski definition) is 2. The summed E-state index contributed by atoms with van der Waals surface area (Å²) in [4.78, 5) is 0. The van der Waals surface area contributed by atoms with Crippen molar-refractivity contribution in [3.8, 4) is 5.75 Å². The van der Waals surface area contributed by atoms with Gasteiger partial charge < -0.3 is 10.1 Å². The molecule has 0 radical (unpaired) electrons. The molecule has 5 nitrogen and oxygen atoms in total. The Hall–Kier alpha value is -1.18. The number of rotatable bonds is 6. The average molecular weight is 316 g/mol. The second-order valence-corrected chi connectivity index (χ2v) is 7.83. The molecule has 1 aromatic rings. The number of sulfonamides is 1. The molecule has 0 amide bonds. The van der Waals surface area contributed by atoms with E-state index >= 15 is 0 Å². The lowest BCUT2D eigenvalue weighted by Gasteiger charge is -2.26. The average Bonchev–Trinajstić information content (AvgIpc) is 2.66. The van der Waals surface area contributed by atoms with E-state index < -0.39 is 15.6 Å². The monoisotopic (exact) mass is 316 g/mol. The number of ether oxygens (including phenoxy) is 1. The molecule has 21 heavy (non-hydrogen) atoms. The Morgan fingerprint density at radius 2 is 2.14 bits per heavy atom. The van der Waals surface area contributed by atoms with E-state index in [-0.39, 0.29) is 11.9 Å². The van der Waals surface area contributed by atoms with Gasteiger partial charge in [0.05, 0.1) is 6.26 Å². The van der Waals surface area contributed by atoms with Crippen molar-refractivity contribution in [1.82, 2.24) is 10.0 Å². The molecule has 7 heteroatoms. The molecule has 1 heterocycles. The molecule has 1 aliphatic heterocycles. The molecule has 1 aliphatic rings. The van der Waals surface area contributed by atoms with Gasteiger partial charge in [0.15, 0.2) is 0 Å². The van der Waals surface area contributed by atoms with Crippen LogP contribution in [0.4, 0.5) is 4.39 Å². The zero-order valence-corrected chi connectivity index (χ0v) is 13.3. The molecular formula is C14H21FN2O3S. The molecule has 2 rings (SSSR count). The van der Waals surface area contributed by atoms with E-state index in [2.05, 4.69) is 10.0 Å². The highest BCUT2D eigenvalue weighted by Crippen LogP contribution is 2.28. The second kappa shape index (κ2) is 5.90. The van der Waals surface area contributed by atoms with Crippen LogP contribution in [0.25, 0.3) is 0 Å². The molecule has 0 spiro atoms. The fourth-order valence-electron chi connectivity index (χ4n) is 2.49. The Morgan fingerprint density at radius 1 is 1.43 bits per heavy atom. The lowest BCUT2D eigenvalue weighted by molar-refractivity contribution is 0.223. The molecule has 2 N–H and O–H groups in total. The van der Waals surface area contributed by atoms with Crippen molar-refractivity contribution in [3.05, 3.63) is 29.6 Å². The summed E-state index contributed by atoms with van der Waals surface area (Å²) in [5, 5.41) is 3.19. The first-order chi connectivity index (χ1) is 9.65. The van der Waals surface area contributed by atoms with Gasteiger partial charge in [-0.2, -0.15) is 0 Å². The minimum Gasteiger partial charge on any atom is -0.488 e. The molecule has 1 atom stereocenters. The first-order valence-electron chi connectivity index (χ1n) is 6.79. The van der Waals surface area contributed by atoms with Gasteiger partial charge in [0.2, 0.25) is 10.0 Å². The normalized spacial score (nSPS) is 18.4. The lowest BCUT2D eigenvalue weighted by atomic mass is 10.1. The largest absolute Gasteiger partial charge is 0.488 e. The first kappa shape index (κ1) is 16.2. The quantitative estimate of drug-likeness (QED) is 0.823. The molecule has 1 aromatic carbocycles. The Kier molecular flexibility index (Phi) is 4.55. The standard InChI is InChI=1S/C14H21FN2O3S/c1-14(2,17-21(3,18)19)9-16-8-12-7-10-6-11(15)4-5-13(10)20-12/h4-6,12,16-17H,7-9H2,1-3H3. The predicted octanol–water partition coefficient (Wildman–Crippen LogP) is 1.05. The van der Waals surface area contributed by atoms with Crippen LogP contribution in [0.5, 0.6) is 5.75 Å². The van der Waals surface area contributed by atoms with Gasteiger partial charge in [0.25, 0.3) is 0 Å². The molecule has 0 saturated carbocycles. The number of halogens is 1. The Labute approximate surface area is 124 Å². The van der Waals surface area contributed by atoms with Gasteiger partial charge in [-0.3, -0.25) is 0 Å². The van der Waals surface area contributed by atoms with Crippen molar-refractivity contribution in [2.45, 2.75) is 31.9 Å². The molecule has 118 valence electrons. The maximum atomic E-state index is 13.1. The Bertz CT molecular complexity index is 617. The molecule has 0 aliphatic carbocycles. The third kappa shape index (κ3) is 4.94. The van der Waals surface area contributed by atoms with Crippen LogP contribution in [0.3, 0.4) is 0 Å². The van der Waals surface area contributed by atoms with Crippen LogP contribution in [0, 0.1) is 5.82 Å². The van der Waals surface area contributed by atoms with E-state index in [1.54, 1.807) is 19.9 Å². The summed E-state index contributed by atoms with van der Waals surface area (Å²) in [5.41, 5.74) is 0.292. The molecule has 1 unspecified atom stereocenters. The molecule has 0 bridgehead atoms. The van der Waals surface area contributed by atoms with Crippen LogP contribution in [-0.4, -0.2) is 39.4 Å². The van der Waals surface area contributed by atoms with E-state index in [4.69, 9.17) is 4.74 Å². The molecule has 0 saturated heterocycles. The summed E-state index contributed by atoms with van der Waals surface area (Å²) < 4.78 is 43.9. The third-order valence-corrected chi connectivity index (χ3v) is 4.09. The summed E-state index contributed by atoms with van der Waals surface area (Å²) in [5.74, 6) is 0.459. The van der Waals surface area contributed by atoms with Crippen molar-refractivity contribution in [1.29, 1.82) is 0 Å². The van der Waals surface area contributed by atoms with Crippen molar-refractivity contribution >= 4 is 10.0 Å². The van der Waals surface area contributed by atoms with Crippen molar-refractivity contribution in [2.24, 2.45) is 0 Å². The minimum absolute atomic E-state index is 0.0594. The van der Waals surface area contributed by atoms with Crippen LogP contribution < -0.4 is 14.8 Å². The van der Waals surface area contributed by atoms with Gasteiger partial charge in [0, 0.05) is 30.6 Å². The van der Waals surface area contributed by atoms with Crippen LogP contribution in [0.2, 0.25) is 0 Å². The minimum atomic E-state index is -3.24. The maximum absolute atomic E-state index is 13.1. The lowest BCUT2D eigenvalue weighted by Crippen LogP contribution is -2.51. The van der Waals surface area contributed by atoms with Gasteiger partial charge in [-0.05, 0) is 32.0 Å². The van der Waals surface area contributed by atoms with E-state index in [1.165, 1.54) is 12.1 Å². The highest BCUT2D eigenvalue weighted by Gasteiger charge is 2.25. The van der Waals surface area contributed by atoms with Crippen LogP contribution >= 0.6 is 0 Å². The third-order valence-electron chi connectivity index (χ3n) is 3.16. The van der Waals surface area contributed by atoms with E-state index in [0.717, 1.165) is 17.6 Å². The summed E-state index contributed by atoms with van der Waals surface area (Å²) in [6.07, 6.45) is 1.73. The van der Waals surface area contributed by atoms with Crippen molar-refractivity contribution < 1.29 is 17.5 Å². The van der Waals surface area contributed by atoms with Gasteiger partial charge in [0.1, 0.15) is 17.7 Å². The van der Waals surface area contributed by atoms with Crippen LogP contribution in [-0.2, 0) is 16.4 Å². The summed E-state index contributed by atoms with van der Waals surface area (Å²) >= 11 is 0. The smallest absolute Gasteiger partial charge is 0.209 e. The molecule has 0 aromatic heterocycles. The summed E-state index contributed by atoms with van der Waals surface area (Å²) in [6, 6.07) is 4.51. The Balaban J connectivity index is 1.81. The van der Waals surface area contributed by atoms with Crippen molar-refractivity contribution in [3.63, 3.8) is 0 Å². The number of benzene rings is 1. The van der Waals surface area contributed by atoms with Gasteiger partial charge >= 0.3 is 0 Å². The van der Waals surface area contributed by atoms with E-state index in [0.29, 0.717) is 19.5 Å². The predicted molar refractivity (Wildman–Crippen MR) is 79.4 cm³/mol. The zero-order chi connectivity index (χ0) is 15.7. The number of hydrogen-bond acceptors (Lipinski definition) is 4. The number of nitrogens with one attached hydrogen (secondary N) is 2. The molecular weight excluding hydrogens is 295 g/mol. The highest BCUT2D eigenvalue weighted by atomic mass is 32.2. The molecule has 0 fully saturated rings. The fraction of sp³-hybridized carbons (Fsp3) is 0.571. The fourth-order valence-corrected chi connectivity index (χ4v) is 3.56. The second-order valence-electron chi connectivity index (χ2n) is 6.09. The SMILES string of the molecule is CC(C)(CNCC1Cc2cc(F)ccc2O1)NS(C)(=O)=O. The van der Waals surface area contributed by atoms with Crippen molar-refractivity contribution in [2.75, 3.05) is 19.3 Å². The van der Waals surface area contributed by atoms with Crippen LogP contribution in [0.1, 0.15) is 19.4 Å². The topological polar surface area (TPSA) is 67.4 Å². The maximum Gasteiger partial charge on any atom is 0.209 e. The zero-order valence-electron chi connectivity index (χ0n) is 12.4. The first-order valence-corrected chi connectivity index (χ1v) is 8.68. The van der Waals surface area contributed by atoms with Crippen LogP contribution in [0.15, 0.2) is 18.2 Å². The van der Waals surface area contributed by atoms with Gasteiger partial charge in [-0.25, -0.2) is 17.5 Å². The van der Waals surface area contributed by atoms with E-state index in [9.17, 15) is 12.8 Å². The Morgan fingerprint density at radius 3 is 2.81 bits per heavy atom. The van der Waals surface area contributed by atoms with Gasteiger partial charge in [-0.1, -0.05) is 0 Å². The number of fused-ring (bicyclic) bond motifs is 1.